The van der Waals surface area contributed by atoms with Gasteiger partial charge in [-0.15, -0.1) is 0 Å². The molecule has 3 rings (SSSR count). The number of fused-ring (bicyclic) bond motifs is 1. The molecule has 0 radical (unpaired) electrons. The van der Waals surface area contributed by atoms with Crippen LogP contribution in [0.25, 0.3) is 16.7 Å². The van der Waals surface area contributed by atoms with Gasteiger partial charge in [0.15, 0.2) is 0 Å². The molecule has 0 saturated heterocycles. The Morgan fingerprint density at radius 3 is 2.65 bits per heavy atom. The number of benzene rings is 2. The van der Waals surface area contributed by atoms with Crippen LogP contribution in [0.5, 0.6) is 0 Å². The van der Waals surface area contributed by atoms with Crippen molar-refractivity contribution in [2.24, 2.45) is 5.73 Å². The largest absolute Gasteiger partial charge is 0.330 e. The predicted octanol–water partition coefficient (Wildman–Crippen LogP) is 3.14. The van der Waals surface area contributed by atoms with E-state index in [2.05, 4.69) is 59.8 Å². The summed E-state index contributed by atoms with van der Waals surface area (Å²) < 4.78 is 2.16. The number of aryl methyl sites for hydroxylation is 2. The fourth-order valence-electron chi connectivity index (χ4n) is 2.57. The summed E-state index contributed by atoms with van der Waals surface area (Å²) in [6.07, 6.45) is 2.78. The number of hydrogen-bond donors (Lipinski definition) is 1. The summed E-state index contributed by atoms with van der Waals surface area (Å²) in [5, 5.41) is 0. The van der Waals surface area contributed by atoms with Gasteiger partial charge in [0.05, 0.1) is 16.7 Å². The van der Waals surface area contributed by atoms with Crippen molar-refractivity contribution in [1.82, 2.24) is 9.55 Å². The predicted molar refractivity (Wildman–Crippen MR) is 83.3 cm³/mol. The van der Waals surface area contributed by atoms with Crippen molar-refractivity contribution in [1.29, 1.82) is 0 Å². The first-order valence-corrected chi connectivity index (χ1v) is 6.93. The van der Waals surface area contributed by atoms with Crippen LogP contribution in [0.4, 0.5) is 0 Å². The highest BCUT2D eigenvalue weighted by Crippen LogP contribution is 2.23. The van der Waals surface area contributed by atoms with E-state index in [0.29, 0.717) is 6.54 Å². The van der Waals surface area contributed by atoms with Crippen molar-refractivity contribution in [3.63, 3.8) is 0 Å². The molecule has 0 atom stereocenters. The molecule has 0 amide bonds. The summed E-state index contributed by atoms with van der Waals surface area (Å²) >= 11 is 0. The smallest absolute Gasteiger partial charge is 0.100 e. The van der Waals surface area contributed by atoms with Gasteiger partial charge in [0, 0.05) is 0 Å². The van der Waals surface area contributed by atoms with Crippen molar-refractivity contribution in [2.45, 2.75) is 20.3 Å². The lowest BCUT2D eigenvalue weighted by molar-refractivity contribution is 0.942. The lowest BCUT2D eigenvalue weighted by Crippen LogP contribution is -2.06. The van der Waals surface area contributed by atoms with E-state index in [-0.39, 0.29) is 0 Å². The maximum Gasteiger partial charge on any atom is 0.100 e. The lowest BCUT2D eigenvalue weighted by atomic mass is 10.1. The highest BCUT2D eigenvalue weighted by molar-refractivity contribution is 5.79. The fraction of sp³-hybridized carbons (Fsp3) is 0.235. The second-order valence-electron chi connectivity index (χ2n) is 5.21. The molecule has 1 heterocycles. The van der Waals surface area contributed by atoms with E-state index in [1.807, 2.05) is 6.33 Å². The van der Waals surface area contributed by atoms with Gasteiger partial charge in [-0.25, -0.2) is 4.98 Å². The van der Waals surface area contributed by atoms with Crippen molar-refractivity contribution in [3.05, 3.63) is 59.4 Å². The molecule has 0 aliphatic carbocycles. The zero-order chi connectivity index (χ0) is 14.1. The zero-order valence-corrected chi connectivity index (χ0v) is 11.9. The minimum atomic E-state index is 0.655. The van der Waals surface area contributed by atoms with Gasteiger partial charge in [-0.1, -0.05) is 18.2 Å². The molecular weight excluding hydrogens is 246 g/mol. The molecule has 102 valence electrons. The van der Waals surface area contributed by atoms with Crippen LogP contribution in [-0.4, -0.2) is 16.1 Å². The molecule has 0 aliphatic rings. The number of nitrogens with two attached hydrogens (primary N) is 1. The first kappa shape index (κ1) is 12.9. The maximum absolute atomic E-state index is 5.71. The molecule has 0 bridgehead atoms. The van der Waals surface area contributed by atoms with Gasteiger partial charge in [-0.05, 0) is 61.7 Å². The Morgan fingerprint density at radius 1 is 1.10 bits per heavy atom. The van der Waals surface area contributed by atoms with Crippen LogP contribution in [0.15, 0.2) is 42.7 Å². The fourth-order valence-corrected chi connectivity index (χ4v) is 2.57. The summed E-state index contributed by atoms with van der Waals surface area (Å²) in [6, 6.07) is 12.7. The van der Waals surface area contributed by atoms with E-state index in [1.165, 1.54) is 22.4 Å². The number of aromatic nitrogens is 2. The molecule has 0 saturated carbocycles. The minimum Gasteiger partial charge on any atom is -0.330 e. The van der Waals surface area contributed by atoms with E-state index in [1.54, 1.807) is 0 Å². The maximum atomic E-state index is 5.71. The van der Waals surface area contributed by atoms with Crippen molar-refractivity contribution in [2.75, 3.05) is 6.54 Å². The lowest BCUT2D eigenvalue weighted by Gasteiger charge is -2.11. The highest BCUT2D eigenvalue weighted by Gasteiger charge is 2.09. The topological polar surface area (TPSA) is 43.8 Å². The van der Waals surface area contributed by atoms with Gasteiger partial charge < -0.3 is 5.73 Å². The standard InChI is InChI=1S/C17H19N3/c1-12-9-15-17(10-13(12)2)20(11-19-15)16-6-4-3-5-14(16)7-8-18/h3-6,9-11H,7-8,18H2,1-2H3. The van der Waals surface area contributed by atoms with Gasteiger partial charge in [-0.2, -0.15) is 0 Å². The van der Waals surface area contributed by atoms with E-state index in [4.69, 9.17) is 5.73 Å². The number of nitrogens with zero attached hydrogens (tertiary/aromatic N) is 2. The van der Waals surface area contributed by atoms with Gasteiger partial charge >= 0.3 is 0 Å². The summed E-state index contributed by atoms with van der Waals surface area (Å²) in [5.74, 6) is 0. The third-order valence-corrected chi connectivity index (χ3v) is 3.83. The van der Waals surface area contributed by atoms with Gasteiger partial charge in [-0.3, -0.25) is 4.57 Å². The Morgan fingerprint density at radius 2 is 1.85 bits per heavy atom. The van der Waals surface area contributed by atoms with Crippen molar-refractivity contribution < 1.29 is 0 Å². The Balaban J connectivity index is 2.22. The third-order valence-electron chi connectivity index (χ3n) is 3.83. The molecule has 0 aliphatic heterocycles. The van der Waals surface area contributed by atoms with Crippen LogP contribution in [0.1, 0.15) is 16.7 Å². The molecular formula is C17H19N3. The van der Waals surface area contributed by atoms with Crippen LogP contribution < -0.4 is 5.73 Å². The number of para-hydroxylation sites is 1. The van der Waals surface area contributed by atoms with E-state index in [0.717, 1.165) is 17.5 Å². The van der Waals surface area contributed by atoms with Crippen molar-refractivity contribution in [3.8, 4) is 5.69 Å². The molecule has 0 unspecified atom stereocenters. The first-order chi connectivity index (χ1) is 9.70. The summed E-state index contributed by atoms with van der Waals surface area (Å²) in [7, 11) is 0. The Kier molecular flexibility index (Phi) is 3.28. The molecule has 0 spiro atoms. The Hall–Kier alpha value is -2.13. The summed E-state index contributed by atoms with van der Waals surface area (Å²) in [6.45, 7) is 4.91. The van der Waals surface area contributed by atoms with Gasteiger partial charge in [0.1, 0.15) is 6.33 Å². The normalized spacial score (nSPS) is 11.2. The van der Waals surface area contributed by atoms with Crippen LogP contribution in [-0.2, 0) is 6.42 Å². The number of imidazole rings is 1. The van der Waals surface area contributed by atoms with Crippen LogP contribution in [0.2, 0.25) is 0 Å². The molecule has 1 aromatic heterocycles. The summed E-state index contributed by atoms with van der Waals surface area (Å²) in [5.41, 5.74) is 12.9. The monoisotopic (exact) mass is 265 g/mol. The van der Waals surface area contributed by atoms with Crippen LogP contribution >= 0.6 is 0 Å². The van der Waals surface area contributed by atoms with Crippen LogP contribution in [0.3, 0.4) is 0 Å². The average Bonchev–Trinajstić information content (AvgIpc) is 2.83. The molecule has 3 aromatic rings. The van der Waals surface area contributed by atoms with E-state index >= 15 is 0 Å². The zero-order valence-electron chi connectivity index (χ0n) is 11.9. The first-order valence-electron chi connectivity index (χ1n) is 6.93. The summed E-state index contributed by atoms with van der Waals surface area (Å²) in [4.78, 5) is 4.53. The molecule has 2 aromatic carbocycles. The number of rotatable bonds is 3. The minimum absolute atomic E-state index is 0.655. The number of hydrogen-bond acceptors (Lipinski definition) is 2. The Labute approximate surface area is 119 Å². The van der Waals surface area contributed by atoms with E-state index in [9.17, 15) is 0 Å². The highest BCUT2D eigenvalue weighted by atomic mass is 15.0. The Bertz CT molecular complexity index is 756. The molecule has 2 N–H and O–H groups in total. The van der Waals surface area contributed by atoms with Crippen molar-refractivity contribution >= 4 is 11.0 Å². The van der Waals surface area contributed by atoms with Crippen LogP contribution in [0, 0.1) is 13.8 Å². The third kappa shape index (κ3) is 2.10. The molecule has 3 nitrogen and oxygen atoms in total. The second-order valence-corrected chi connectivity index (χ2v) is 5.21. The van der Waals surface area contributed by atoms with Gasteiger partial charge in [0.25, 0.3) is 0 Å². The van der Waals surface area contributed by atoms with E-state index < -0.39 is 0 Å². The quantitative estimate of drug-likeness (QED) is 0.790. The van der Waals surface area contributed by atoms with Gasteiger partial charge in [0.2, 0.25) is 0 Å². The molecule has 0 fully saturated rings. The average molecular weight is 265 g/mol. The molecule has 20 heavy (non-hydrogen) atoms. The SMILES string of the molecule is Cc1cc2ncn(-c3ccccc3CCN)c2cc1C. The molecule has 3 heteroatoms. The second kappa shape index (κ2) is 5.10.